The number of esters is 2. The van der Waals surface area contributed by atoms with Gasteiger partial charge in [0.1, 0.15) is 11.1 Å². The summed E-state index contributed by atoms with van der Waals surface area (Å²) >= 11 is 24.5. The van der Waals surface area contributed by atoms with E-state index in [0.717, 1.165) is 0 Å². The van der Waals surface area contributed by atoms with Gasteiger partial charge in [0, 0.05) is 35.3 Å². The van der Waals surface area contributed by atoms with Crippen molar-refractivity contribution in [2.75, 3.05) is 0 Å². The van der Waals surface area contributed by atoms with E-state index in [4.69, 9.17) is 55.9 Å². The number of halogens is 4. The fourth-order valence-corrected chi connectivity index (χ4v) is 5.70. The normalized spacial score (nSPS) is 11.0. The van der Waals surface area contributed by atoms with Gasteiger partial charge in [-0.3, -0.25) is 9.59 Å². The average molecular weight is 700 g/mol. The van der Waals surface area contributed by atoms with Gasteiger partial charge in [0.05, 0.1) is 32.6 Å². The van der Waals surface area contributed by atoms with E-state index in [1.807, 2.05) is 0 Å². The number of ketones is 2. The fraction of sp³-hybridized carbons (Fsp3) is 0.125. The van der Waals surface area contributed by atoms with Crippen LogP contribution in [0.1, 0.15) is 63.9 Å². The van der Waals surface area contributed by atoms with E-state index in [0.29, 0.717) is 21.4 Å². The van der Waals surface area contributed by atoms with E-state index in [1.54, 1.807) is 13.8 Å². The van der Waals surface area contributed by atoms with Crippen LogP contribution in [-0.4, -0.2) is 43.1 Å². The SMILES string of the molecule is Cc1nn(C)c(OC(=O)c2cccc(C(=O)Oc3c(C(=O)c4ccc(Cl)cc4Cl)c(C)nn3C)c2)c1C(=O)c1ccc(Cl)cc1Cl. The molecule has 46 heavy (non-hydrogen) atoms. The highest BCUT2D eigenvalue weighted by molar-refractivity contribution is 6.38. The molecule has 2 aromatic heterocycles. The van der Waals surface area contributed by atoms with Crippen molar-refractivity contribution in [3.05, 3.63) is 126 Å². The molecule has 0 bridgehead atoms. The summed E-state index contributed by atoms with van der Waals surface area (Å²) in [6.45, 7) is 3.18. The first-order valence-corrected chi connectivity index (χ1v) is 14.9. The van der Waals surface area contributed by atoms with E-state index in [1.165, 1.54) is 84.1 Å². The van der Waals surface area contributed by atoms with Crippen molar-refractivity contribution in [1.82, 2.24) is 19.6 Å². The predicted molar refractivity (Wildman–Crippen MR) is 172 cm³/mol. The largest absolute Gasteiger partial charge is 0.403 e. The van der Waals surface area contributed by atoms with Gasteiger partial charge in [-0.05, 0) is 68.4 Å². The second-order valence-electron chi connectivity index (χ2n) is 10.0. The standard InChI is InChI=1S/C32H22Cl4N4O6/c1-15-25(27(41)21-10-8-19(33)13-23(21)35)29(39(3)37-15)45-31(43)17-6-5-7-18(12-17)32(44)46-30-26(16(2)38-40(30)4)28(42)22-11-9-20(34)14-24(22)36/h5-14H,1-4H3. The molecule has 0 amide bonds. The number of benzene rings is 3. The van der Waals surface area contributed by atoms with Crippen molar-refractivity contribution in [2.45, 2.75) is 13.8 Å². The molecule has 0 unspecified atom stereocenters. The van der Waals surface area contributed by atoms with Crippen molar-refractivity contribution in [3.63, 3.8) is 0 Å². The molecule has 5 aromatic rings. The Kier molecular flexibility index (Phi) is 9.37. The molecule has 0 radical (unpaired) electrons. The van der Waals surface area contributed by atoms with Gasteiger partial charge >= 0.3 is 11.9 Å². The monoisotopic (exact) mass is 698 g/mol. The van der Waals surface area contributed by atoms with Crippen LogP contribution >= 0.6 is 46.4 Å². The number of carbonyl (C=O) groups excluding carboxylic acids is 4. The number of nitrogens with zero attached hydrogens (tertiary/aromatic N) is 4. The van der Waals surface area contributed by atoms with Crippen LogP contribution < -0.4 is 9.47 Å². The molecule has 10 nitrogen and oxygen atoms in total. The quantitative estimate of drug-likeness (QED) is 0.122. The first-order chi connectivity index (χ1) is 21.8. The number of hydrogen-bond donors (Lipinski definition) is 0. The molecule has 0 aliphatic carbocycles. The number of hydrogen-bond acceptors (Lipinski definition) is 8. The van der Waals surface area contributed by atoms with Crippen molar-refractivity contribution in [1.29, 1.82) is 0 Å². The zero-order valence-electron chi connectivity index (χ0n) is 24.5. The summed E-state index contributed by atoms with van der Waals surface area (Å²) in [5, 5.41) is 9.40. The molecule has 0 fully saturated rings. The van der Waals surface area contributed by atoms with E-state index in [2.05, 4.69) is 10.2 Å². The number of rotatable bonds is 8. The van der Waals surface area contributed by atoms with E-state index in [-0.39, 0.29) is 55.2 Å². The summed E-state index contributed by atoms with van der Waals surface area (Å²) < 4.78 is 13.7. The lowest BCUT2D eigenvalue weighted by molar-refractivity contribution is 0.0716. The summed E-state index contributed by atoms with van der Waals surface area (Å²) in [5.41, 5.74) is 0.894. The third kappa shape index (κ3) is 6.43. The Labute approximate surface area is 282 Å². The molecular weight excluding hydrogens is 678 g/mol. The van der Waals surface area contributed by atoms with Crippen LogP contribution in [0.15, 0.2) is 60.7 Å². The molecule has 0 aliphatic rings. The maximum Gasteiger partial charge on any atom is 0.344 e. The third-order valence-corrected chi connectivity index (χ3v) is 7.95. The first-order valence-electron chi connectivity index (χ1n) is 13.4. The highest BCUT2D eigenvalue weighted by Gasteiger charge is 2.29. The zero-order valence-corrected chi connectivity index (χ0v) is 27.5. The molecule has 5 rings (SSSR count). The van der Waals surface area contributed by atoms with Crippen LogP contribution in [0.3, 0.4) is 0 Å². The van der Waals surface area contributed by atoms with Crippen LogP contribution in [0.5, 0.6) is 11.8 Å². The number of aromatic nitrogens is 4. The van der Waals surface area contributed by atoms with Gasteiger partial charge in [0.15, 0.2) is 0 Å². The van der Waals surface area contributed by atoms with Crippen molar-refractivity contribution in [2.24, 2.45) is 14.1 Å². The Morgan fingerprint density at radius 1 is 0.609 bits per heavy atom. The van der Waals surface area contributed by atoms with Gasteiger partial charge < -0.3 is 9.47 Å². The zero-order chi connectivity index (χ0) is 33.4. The highest BCUT2D eigenvalue weighted by Crippen LogP contribution is 2.31. The molecule has 0 N–H and O–H groups in total. The van der Waals surface area contributed by atoms with Gasteiger partial charge in [-0.25, -0.2) is 19.0 Å². The molecule has 234 valence electrons. The highest BCUT2D eigenvalue weighted by atomic mass is 35.5. The molecular formula is C32H22Cl4N4O6. The van der Waals surface area contributed by atoms with E-state index >= 15 is 0 Å². The lowest BCUT2D eigenvalue weighted by atomic mass is 10.0. The smallest absolute Gasteiger partial charge is 0.344 e. The van der Waals surface area contributed by atoms with E-state index in [9.17, 15) is 19.2 Å². The lowest BCUT2D eigenvalue weighted by Crippen LogP contribution is -2.17. The summed E-state index contributed by atoms with van der Waals surface area (Å²) in [4.78, 5) is 53.4. The third-order valence-electron chi connectivity index (χ3n) is 6.86. The Bertz CT molecular complexity index is 1940. The Hall–Kier alpha value is -4.48. The molecule has 0 saturated heterocycles. The minimum Gasteiger partial charge on any atom is -0.403 e. The Morgan fingerprint density at radius 3 is 1.37 bits per heavy atom. The summed E-state index contributed by atoms with van der Waals surface area (Å²) in [6, 6.07) is 14.4. The second-order valence-corrected chi connectivity index (χ2v) is 11.7. The minimum atomic E-state index is -0.876. The van der Waals surface area contributed by atoms with Crippen LogP contribution in [0.4, 0.5) is 0 Å². The minimum absolute atomic E-state index is 0.0262. The average Bonchev–Trinajstić information content (AvgIpc) is 3.43. The molecule has 0 atom stereocenters. The van der Waals surface area contributed by atoms with Crippen LogP contribution in [0, 0.1) is 13.8 Å². The lowest BCUT2D eigenvalue weighted by Gasteiger charge is -2.10. The molecule has 0 saturated carbocycles. The first kappa shape index (κ1) is 32.9. The Morgan fingerprint density at radius 2 is 1.00 bits per heavy atom. The summed E-state index contributed by atoms with van der Waals surface area (Å²) in [7, 11) is 3.02. The molecule has 2 heterocycles. The van der Waals surface area contributed by atoms with E-state index < -0.39 is 23.5 Å². The topological polar surface area (TPSA) is 122 Å². The fourth-order valence-electron chi connectivity index (χ4n) is 4.71. The maximum absolute atomic E-state index is 13.4. The van der Waals surface area contributed by atoms with Crippen LogP contribution in [-0.2, 0) is 14.1 Å². The van der Waals surface area contributed by atoms with Crippen LogP contribution in [0.25, 0.3) is 0 Å². The van der Waals surface area contributed by atoms with Crippen molar-refractivity contribution >= 4 is 69.9 Å². The summed E-state index contributed by atoms with van der Waals surface area (Å²) in [5.74, 6) is -3.05. The summed E-state index contributed by atoms with van der Waals surface area (Å²) in [6.07, 6.45) is 0. The second kappa shape index (κ2) is 13.1. The molecule has 0 spiro atoms. The number of ether oxygens (including phenoxy) is 2. The van der Waals surface area contributed by atoms with Gasteiger partial charge in [-0.15, -0.1) is 0 Å². The Balaban J connectivity index is 1.40. The van der Waals surface area contributed by atoms with Gasteiger partial charge in [-0.2, -0.15) is 10.2 Å². The number of aryl methyl sites for hydroxylation is 4. The van der Waals surface area contributed by atoms with Crippen molar-refractivity contribution < 1.29 is 28.7 Å². The molecule has 14 heteroatoms. The van der Waals surface area contributed by atoms with Crippen molar-refractivity contribution in [3.8, 4) is 11.8 Å². The van der Waals surface area contributed by atoms with Crippen LogP contribution in [0.2, 0.25) is 20.1 Å². The maximum atomic E-state index is 13.4. The van der Waals surface area contributed by atoms with Gasteiger partial charge in [0.2, 0.25) is 23.3 Å². The predicted octanol–water partition coefficient (Wildman–Crippen LogP) is 7.28. The van der Waals surface area contributed by atoms with Gasteiger partial charge in [0.25, 0.3) is 0 Å². The molecule has 0 aliphatic heterocycles. The molecule has 3 aromatic carbocycles. The van der Waals surface area contributed by atoms with Gasteiger partial charge in [-0.1, -0.05) is 52.5 Å². The number of carbonyl (C=O) groups is 4.